The number of nitrogens with one attached hydrogen (secondary N) is 1. The predicted octanol–water partition coefficient (Wildman–Crippen LogP) is 7.79. The first-order chi connectivity index (χ1) is 22.3. The highest BCUT2D eigenvalue weighted by Crippen LogP contribution is 2.49. The first-order valence-corrected chi connectivity index (χ1v) is 16.4. The summed E-state index contributed by atoms with van der Waals surface area (Å²) in [6.45, 7) is 4.63. The predicted molar refractivity (Wildman–Crippen MR) is 179 cm³/mol. The molecule has 260 valence electrons. The number of aliphatic hydroxyl groups excluding tert-OH is 1. The Bertz CT molecular complexity index is 1440. The molecule has 1 saturated carbocycles. The molecule has 6 nitrogen and oxygen atoms in total. The number of carbonyl (C=O) groups excluding carboxylic acids is 1. The van der Waals surface area contributed by atoms with E-state index in [9.17, 15) is 22.4 Å². The van der Waals surface area contributed by atoms with Crippen molar-refractivity contribution in [3.8, 4) is 16.9 Å². The molecule has 0 aromatic heterocycles. The minimum Gasteiger partial charge on any atom is -0.496 e. The molecule has 1 aliphatic heterocycles. The summed E-state index contributed by atoms with van der Waals surface area (Å²) in [5.41, 5.74) is 3.71. The molecular weight excluding hydrogens is 612 g/mol. The lowest BCUT2D eigenvalue weighted by Gasteiger charge is -2.44. The number of amides is 1. The van der Waals surface area contributed by atoms with Crippen molar-refractivity contribution in [3.63, 3.8) is 0 Å². The summed E-state index contributed by atoms with van der Waals surface area (Å²) in [6, 6.07) is 19.9. The zero-order chi connectivity index (χ0) is 34.8. The number of likely N-dealkylation sites (tertiary alicyclic amines) is 1. The van der Waals surface area contributed by atoms with Crippen molar-refractivity contribution < 1.29 is 37.3 Å². The van der Waals surface area contributed by atoms with E-state index in [1.807, 2.05) is 0 Å². The first kappa shape index (κ1) is 38.2. The van der Waals surface area contributed by atoms with Crippen LogP contribution >= 0.6 is 0 Å². The summed E-state index contributed by atoms with van der Waals surface area (Å²) in [5, 5.41) is 19.4. The van der Waals surface area contributed by atoms with Gasteiger partial charge in [0.2, 0.25) is 5.91 Å². The topological polar surface area (TPSA) is 82.0 Å². The number of hydrogen-bond donors (Lipinski definition) is 3. The molecule has 2 aliphatic rings. The largest absolute Gasteiger partial charge is 0.496 e. The van der Waals surface area contributed by atoms with E-state index in [1.54, 1.807) is 14.0 Å². The number of aryl methyl sites for hydroxylation is 1. The van der Waals surface area contributed by atoms with E-state index < -0.39 is 36.5 Å². The molecule has 1 amide bonds. The molecule has 10 heteroatoms. The minimum absolute atomic E-state index is 0.0734. The molecule has 1 aliphatic carbocycles. The van der Waals surface area contributed by atoms with E-state index in [-0.39, 0.29) is 32.5 Å². The fourth-order valence-electron chi connectivity index (χ4n) is 6.50. The number of carbonyl (C=O) groups is 1. The molecule has 5 rings (SSSR count). The van der Waals surface area contributed by atoms with Crippen LogP contribution in [0.1, 0.15) is 76.8 Å². The Morgan fingerprint density at radius 2 is 1.55 bits per heavy atom. The van der Waals surface area contributed by atoms with Gasteiger partial charge in [0.1, 0.15) is 18.0 Å². The van der Waals surface area contributed by atoms with Crippen molar-refractivity contribution in [1.82, 2.24) is 10.2 Å². The maximum atomic E-state index is 13.9. The third kappa shape index (κ3) is 9.67. The van der Waals surface area contributed by atoms with Crippen LogP contribution < -0.4 is 10.1 Å². The van der Waals surface area contributed by atoms with Crippen LogP contribution in [0.4, 0.5) is 17.6 Å². The van der Waals surface area contributed by atoms with Crippen molar-refractivity contribution in [2.24, 2.45) is 5.41 Å². The van der Waals surface area contributed by atoms with Crippen molar-refractivity contribution >= 4 is 16.7 Å². The van der Waals surface area contributed by atoms with E-state index in [0.29, 0.717) is 5.92 Å². The average Bonchev–Trinajstić information content (AvgIpc) is 3.86. The third-order valence-electron chi connectivity index (χ3n) is 8.92. The molecule has 0 bridgehead atoms. The Balaban J connectivity index is 0.000000240. The van der Waals surface area contributed by atoms with E-state index in [2.05, 4.69) is 66.8 Å². The summed E-state index contributed by atoms with van der Waals surface area (Å²) in [4.78, 5) is 13.4. The number of methoxy groups -OCH3 is 1. The standard InChI is InChI=1S/C23H24O.C13H22F4N2O.CH4O2/c1-3-7-16-8-4-11-20-18(16)9-5-12-21(20)23-19(17-14-15-17)10-6-13-22(23)24-2;1-4-18-10(20)13(12(3,16)17)5-7-19(8-6-13)9-11(2,14)15;2-1-3/h4-6,8-13,17H,3,7,14-15H2,1-2H3;4-9H2,1-3H3,(H,18,20);2-3H,1H2. The van der Waals surface area contributed by atoms with Gasteiger partial charge in [-0.05, 0) is 91.6 Å². The summed E-state index contributed by atoms with van der Waals surface area (Å²) >= 11 is 0. The SMILES string of the molecule is CCCc1cccc2c(-c3c(OC)cccc3C3CC3)cccc12.CCNC(=O)C1(C(C)(F)F)CCN(CC(C)(F)F)CC1.OCO. The van der Waals surface area contributed by atoms with Crippen molar-refractivity contribution in [1.29, 1.82) is 0 Å². The first-order valence-electron chi connectivity index (χ1n) is 16.4. The number of piperidine rings is 1. The Morgan fingerprint density at radius 3 is 2.09 bits per heavy atom. The molecule has 3 aromatic rings. The van der Waals surface area contributed by atoms with Gasteiger partial charge in [-0.2, -0.15) is 0 Å². The lowest BCUT2D eigenvalue weighted by molar-refractivity contribution is -0.168. The number of fused-ring (bicyclic) bond motifs is 1. The molecule has 47 heavy (non-hydrogen) atoms. The third-order valence-corrected chi connectivity index (χ3v) is 8.92. The molecule has 1 saturated heterocycles. The molecule has 1 heterocycles. The minimum atomic E-state index is -3.17. The number of halogens is 4. The normalized spacial score (nSPS) is 16.4. The molecule has 0 atom stereocenters. The van der Waals surface area contributed by atoms with Gasteiger partial charge in [0.25, 0.3) is 11.8 Å². The molecular formula is C37H50F4N2O4. The van der Waals surface area contributed by atoms with Crippen LogP contribution in [-0.4, -0.2) is 72.9 Å². The molecule has 0 spiro atoms. The van der Waals surface area contributed by atoms with Crippen molar-refractivity contribution in [3.05, 3.63) is 65.7 Å². The molecule has 0 radical (unpaired) electrons. The number of ether oxygens (including phenoxy) is 1. The Kier molecular flexibility index (Phi) is 13.6. The Hall–Kier alpha value is -3.21. The highest BCUT2D eigenvalue weighted by molar-refractivity contribution is 6.00. The number of aliphatic hydroxyl groups is 2. The van der Waals surface area contributed by atoms with Gasteiger partial charge in [0.15, 0.2) is 0 Å². The van der Waals surface area contributed by atoms with Gasteiger partial charge in [-0.3, -0.25) is 9.69 Å². The zero-order valence-electron chi connectivity index (χ0n) is 28.2. The van der Waals surface area contributed by atoms with Gasteiger partial charge < -0.3 is 20.3 Å². The Morgan fingerprint density at radius 1 is 0.957 bits per heavy atom. The molecule has 2 fully saturated rings. The lowest BCUT2D eigenvalue weighted by Crippen LogP contribution is -2.57. The van der Waals surface area contributed by atoms with Crippen LogP contribution in [0.2, 0.25) is 0 Å². The second-order valence-electron chi connectivity index (χ2n) is 12.6. The van der Waals surface area contributed by atoms with Crippen molar-refractivity contribution in [2.45, 2.75) is 84.0 Å². The number of benzene rings is 3. The van der Waals surface area contributed by atoms with Crippen LogP contribution in [0.3, 0.4) is 0 Å². The van der Waals surface area contributed by atoms with Gasteiger partial charge in [-0.1, -0.05) is 61.9 Å². The van der Waals surface area contributed by atoms with E-state index >= 15 is 0 Å². The van der Waals surface area contributed by atoms with Gasteiger partial charge in [-0.25, -0.2) is 17.6 Å². The van der Waals surface area contributed by atoms with Crippen molar-refractivity contribution in [2.75, 3.05) is 40.1 Å². The molecule has 3 N–H and O–H groups in total. The second kappa shape index (κ2) is 16.8. The van der Waals surface area contributed by atoms with Crippen LogP contribution in [0.5, 0.6) is 5.75 Å². The van der Waals surface area contributed by atoms with E-state index in [0.717, 1.165) is 26.0 Å². The summed E-state index contributed by atoms with van der Waals surface area (Å²) in [7, 11) is 1.78. The highest BCUT2D eigenvalue weighted by Gasteiger charge is 2.56. The molecule has 0 unspecified atom stereocenters. The average molecular weight is 663 g/mol. The Labute approximate surface area is 276 Å². The number of hydrogen-bond acceptors (Lipinski definition) is 5. The monoisotopic (exact) mass is 662 g/mol. The van der Waals surface area contributed by atoms with Crippen LogP contribution in [0, 0.1) is 5.41 Å². The number of nitrogens with zero attached hydrogens (tertiary/aromatic N) is 1. The van der Waals surface area contributed by atoms with E-state index in [4.69, 9.17) is 14.9 Å². The highest BCUT2D eigenvalue weighted by atomic mass is 19.3. The van der Waals surface area contributed by atoms with E-state index in [1.165, 1.54) is 57.2 Å². The summed E-state index contributed by atoms with van der Waals surface area (Å²) in [6.07, 6.45) is 4.67. The second-order valence-corrected chi connectivity index (χ2v) is 12.6. The fraction of sp³-hybridized carbons (Fsp3) is 0.541. The number of rotatable bonds is 10. The maximum absolute atomic E-state index is 13.9. The van der Waals surface area contributed by atoms with Crippen LogP contribution in [0.25, 0.3) is 21.9 Å². The summed E-state index contributed by atoms with van der Waals surface area (Å²) in [5.74, 6) is -5.03. The van der Waals surface area contributed by atoms with Gasteiger partial charge >= 0.3 is 0 Å². The van der Waals surface area contributed by atoms with Gasteiger partial charge in [0, 0.05) is 26.0 Å². The molecule has 3 aromatic carbocycles. The van der Waals surface area contributed by atoms with Gasteiger partial charge in [-0.15, -0.1) is 0 Å². The van der Waals surface area contributed by atoms with Crippen LogP contribution in [0.15, 0.2) is 54.6 Å². The van der Waals surface area contributed by atoms with Crippen LogP contribution in [-0.2, 0) is 11.2 Å². The smallest absolute Gasteiger partial charge is 0.259 e. The van der Waals surface area contributed by atoms with Gasteiger partial charge in [0.05, 0.1) is 13.7 Å². The summed E-state index contributed by atoms with van der Waals surface area (Å²) < 4.78 is 59.4. The number of alkyl halides is 4. The quantitative estimate of drug-likeness (QED) is 0.153. The lowest BCUT2D eigenvalue weighted by atomic mass is 9.72. The fourth-order valence-corrected chi connectivity index (χ4v) is 6.50. The maximum Gasteiger partial charge on any atom is 0.259 e. The zero-order valence-corrected chi connectivity index (χ0v) is 28.2.